The van der Waals surface area contributed by atoms with E-state index in [4.69, 9.17) is 9.15 Å². The molecule has 0 radical (unpaired) electrons. The van der Waals surface area contributed by atoms with Crippen LogP contribution in [0.3, 0.4) is 0 Å². The van der Waals surface area contributed by atoms with Crippen LogP contribution in [0.2, 0.25) is 0 Å². The third-order valence-electron chi connectivity index (χ3n) is 5.09. The van der Waals surface area contributed by atoms with Crippen LogP contribution in [0.25, 0.3) is 0 Å². The molecule has 0 spiro atoms. The van der Waals surface area contributed by atoms with E-state index in [9.17, 15) is 18.0 Å². The smallest absolute Gasteiger partial charge is 0.416 e. The van der Waals surface area contributed by atoms with Crippen molar-refractivity contribution in [1.82, 2.24) is 4.90 Å². The number of hydrogen-bond donors (Lipinski definition) is 0. The van der Waals surface area contributed by atoms with E-state index in [0.717, 1.165) is 31.6 Å². The molecule has 0 amide bonds. The molecule has 30 heavy (non-hydrogen) atoms. The first-order chi connectivity index (χ1) is 14.4. The Hall–Kier alpha value is -3.06. The summed E-state index contributed by atoms with van der Waals surface area (Å²) in [5.41, 5.74) is 1.82. The third kappa shape index (κ3) is 4.74. The summed E-state index contributed by atoms with van der Waals surface area (Å²) < 4.78 is 49.4. The summed E-state index contributed by atoms with van der Waals surface area (Å²) in [4.78, 5) is 14.5. The number of hydrogen-bond acceptors (Lipinski definition) is 4. The van der Waals surface area contributed by atoms with Gasteiger partial charge in [0.15, 0.2) is 0 Å². The highest BCUT2D eigenvalue weighted by Gasteiger charge is 2.30. The molecule has 1 aromatic heterocycles. The zero-order valence-corrected chi connectivity index (χ0v) is 16.1. The monoisotopic (exact) mass is 415 g/mol. The van der Waals surface area contributed by atoms with Gasteiger partial charge in [-0.2, -0.15) is 13.2 Å². The Balaban J connectivity index is 1.39. The lowest BCUT2D eigenvalue weighted by atomic mass is 10.00. The van der Waals surface area contributed by atoms with E-state index in [-0.39, 0.29) is 17.8 Å². The lowest BCUT2D eigenvalue weighted by Gasteiger charge is -2.28. The first kappa shape index (κ1) is 20.2. The van der Waals surface area contributed by atoms with Gasteiger partial charge in [0.1, 0.15) is 18.6 Å². The molecular weight excluding hydrogens is 395 g/mol. The summed E-state index contributed by atoms with van der Waals surface area (Å²) >= 11 is 0. The Labute approximate surface area is 171 Å². The standard InChI is InChI=1S/C23H20F3NO3/c24-23(25,26)19-7-3-4-16(10-19)14-30-22-15-29-20(11-21(22)28)13-27-9-8-17-5-1-2-6-18(17)12-27/h1-7,10-11,15H,8-9,12-14H2. The lowest BCUT2D eigenvalue weighted by molar-refractivity contribution is -0.137. The first-order valence-electron chi connectivity index (χ1n) is 9.58. The molecule has 0 bridgehead atoms. The van der Waals surface area contributed by atoms with Crippen molar-refractivity contribution in [1.29, 1.82) is 0 Å². The summed E-state index contributed by atoms with van der Waals surface area (Å²) in [6.45, 7) is 2.00. The van der Waals surface area contributed by atoms with Crippen molar-refractivity contribution >= 4 is 0 Å². The first-order valence-corrected chi connectivity index (χ1v) is 9.58. The molecule has 0 saturated heterocycles. The molecule has 4 nitrogen and oxygen atoms in total. The van der Waals surface area contributed by atoms with Crippen LogP contribution in [-0.2, 0) is 32.3 Å². The fraction of sp³-hybridized carbons (Fsp3) is 0.261. The second-order valence-corrected chi connectivity index (χ2v) is 7.29. The molecule has 7 heteroatoms. The molecule has 0 atom stereocenters. The average Bonchev–Trinajstić information content (AvgIpc) is 2.73. The van der Waals surface area contributed by atoms with Crippen LogP contribution < -0.4 is 10.2 Å². The maximum atomic E-state index is 12.8. The van der Waals surface area contributed by atoms with E-state index in [0.29, 0.717) is 17.9 Å². The molecular formula is C23H20F3NO3. The Bertz CT molecular complexity index is 1090. The van der Waals surface area contributed by atoms with Crippen LogP contribution in [0.5, 0.6) is 5.75 Å². The van der Waals surface area contributed by atoms with Gasteiger partial charge in [-0.3, -0.25) is 9.69 Å². The molecule has 2 aromatic carbocycles. The van der Waals surface area contributed by atoms with E-state index in [1.807, 2.05) is 12.1 Å². The molecule has 156 valence electrons. The highest BCUT2D eigenvalue weighted by atomic mass is 19.4. The van der Waals surface area contributed by atoms with Gasteiger partial charge in [0.25, 0.3) is 0 Å². The summed E-state index contributed by atoms with van der Waals surface area (Å²) in [6.07, 6.45) is -2.26. The highest BCUT2D eigenvalue weighted by molar-refractivity contribution is 5.29. The quantitative estimate of drug-likeness (QED) is 0.601. The van der Waals surface area contributed by atoms with Gasteiger partial charge < -0.3 is 9.15 Å². The summed E-state index contributed by atoms with van der Waals surface area (Å²) in [5, 5.41) is 0. The van der Waals surface area contributed by atoms with Gasteiger partial charge in [-0.05, 0) is 35.2 Å². The van der Waals surface area contributed by atoms with E-state index in [2.05, 4.69) is 17.0 Å². The number of benzene rings is 2. The van der Waals surface area contributed by atoms with E-state index in [1.54, 1.807) is 0 Å². The van der Waals surface area contributed by atoms with Crippen LogP contribution in [0, 0.1) is 0 Å². The van der Waals surface area contributed by atoms with Gasteiger partial charge >= 0.3 is 6.18 Å². The number of halogens is 3. The molecule has 0 fully saturated rings. The minimum Gasteiger partial charge on any atom is -0.482 e. The fourth-order valence-electron chi connectivity index (χ4n) is 3.53. The number of ether oxygens (including phenoxy) is 1. The van der Waals surface area contributed by atoms with Crippen molar-refractivity contribution in [2.45, 2.75) is 32.3 Å². The number of fused-ring (bicyclic) bond motifs is 1. The molecule has 0 N–H and O–H groups in total. The molecule has 2 heterocycles. The van der Waals surface area contributed by atoms with Crippen LogP contribution in [0.1, 0.15) is 28.0 Å². The van der Waals surface area contributed by atoms with Gasteiger partial charge in [-0.15, -0.1) is 0 Å². The normalized spacial score (nSPS) is 14.4. The molecule has 1 aliphatic rings. The summed E-state index contributed by atoms with van der Waals surface area (Å²) in [5.74, 6) is 0.492. The zero-order valence-electron chi connectivity index (χ0n) is 16.1. The molecule has 0 aliphatic carbocycles. The van der Waals surface area contributed by atoms with E-state index in [1.165, 1.54) is 35.6 Å². The molecule has 0 saturated carbocycles. The zero-order chi connectivity index (χ0) is 21.1. The van der Waals surface area contributed by atoms with Crippen molar-refractivity contribution in [2.24, 2.45) is 0 Å². The topological polar surface area (TPSA) is 42.7 Å². The molecule has 1 aliphatic heterocycles. The predicted octanol–water partition coefficient (Wildman–Crippen LogP) is 4.80. The Morgan fingerprint density at radius 1 is 1.03 bits per heavy atom. The van der Waals surface area contributed by atoms with E-state index >= 15 is 0 Å². The van der Waals surface area contributed by atoms with Crippen LogP contribution in [0.4, 0.5) is 13.2 Å². The number of alkyl halides is 3. The van der Waals surface area contributed by atoms with Crippen molar-refractivity contribution in [3.05, 3.63) is 99.1 Å². The lowest BCUT2D eigenvalue weighted by Crippen LogP contribution is -2.30. The third-order valence-corrected chi connectivity index (χ3v) is 5.09. The van der Waals surface area contributed by atoms with Gasteiger partial charge in [-0.1, -0.05) is 36.4 Å². The van der Waals surface area contributed by atoms with Gasteiger partial charge in [0.05, 0.1) is 12.1 Å². The Morgan fingerprint density at radius 2 is 1.83 bits per heavy atom. The van der Waals surface area contributed by atoms with Gasteiger partial charge in [0.2, 0.25) is 11.2 Å². The van der Waals surface area contributed by atoms with Crippen LogP contribution in [-0.4, -0.2) is 11.4 Å². The van der Waals surface area contributed by atoms with Gasteiger partial charge in [-0.25, -0.2) is 0 Å². The maximum Gasteiger partial charge on any atom is 0.416 e. The van der Waals surface area contributed by atoms with E-state index < -0.39 is 11.7 Å². The minimum atomic E-state index is -4.42. The van der Waals surface area contributed by atoms with Crippen molar-refractivity contribution in [2.75, 3.05) is 6.54 Å². The van der Waals surface area contributed by atoms with Crippen molar-refractivity contribution in [3.8, 4) is 5.75 Å². The predicted molar refractivity (Wildman–Crippen MR) is 105 cm³/mol. The minimum absolute atomic E-state index is 0.0276. The number of rotatable bonds is 5. The Morgan fingerprint density at radius 3 is 2.60 bits per heavy atom. The van der Waals surface area contributed by atoms with Crippen LogP contribution in [0.15, 0.2) is 70.1 Å². The summed E-state index contributed by atoms with van der Waals surface area (Å²) in [7, 11) is 0. The fourth-order valence-corrected chi connectivity index (χ4v) is 3.53. The molecule has 3 aromatic rings. The largest absolute Gasteiger partial charge is 0.482 e. The second-order valence-electron chi connectivity index (χ2n) is 7.29. The highest BCUT2D eigenvalue weighted by Crippen LogP contribution is 2.29. The maximum absolute atomic E-state index is 12.8. The average molecular weight is 415 g/mol. The molecule has 4 rings (SSSR count). The van der Waals surface area contributed by atoms with Crippen molar-refractivity contribution < 1.29 is 22.3 Å². The SMILES string of the molecule is O=c1cc(CN2CCc3ccccc3C2)occ1OCc1cccc(C(F)(F)F)c1. The summed E-state index contributed by atoms with van der Waals surface area (Å²) in [6, 6.07) is 14.5. The molecule has 0 unspecified atom stereocenters. The van der Waals surface area contributed by atoms with Crippen LogP contribution >= 0.6 is 0 Å². The van der Waals surface area contributed by atoms with Crippen molar-refractivity contribution in [3.63, 3.8) is 0 Å². The number of nitrogens with zero attached hydrogens (tertiary/aromatic N) is 1. The Kier molecular flexibility index (Phi) is 5.63. The van der Waals surface area contributed by atoms with Gasteiger partial charge in [0, 0.05) is 19.2 Å². The second kappa shape index (κ2) is 8.36.